The predicted octanol–water partition coefficient (Wildman–Crippen LogP) is 4.06. The van der Waals surface area contributed by atoms with Crippen molar-refractivity contribution in [1.29, 1.82) is 0 Å². The highest BCUT2D eigenvalue weighted by atomic mass is 14.8. The zero-order valence-corrected chi connectivity index (χ0v) is 9.98. The summed E-state index contributed by atoms with van der Waals surface area (Å²) in [6.45, 7) is 2.10. The average Bonchev–Trinajstić information content (AvgIpc) is 2.73. The van der Waals surface area contributed by atoms with E-state index in [-0.39, 0.29) is 0 Å². The molecular weight excluding hydrogens is 206 g/mol. The van der Waals surface area contributed by atoms with Gasteiger partial charge >= 0.3 is 0 Å². The highest BCUT2D eigenvalue weighted by molar-refractivity contribution is 6.05. The minimum atomic E-state index is 1.06. The first-order valence-corrected chi connectivity index (χ1v) is 6.05. The molecule has 0 N–H and O–H groups in total. The number of aliphatic imine (C=N–C) groups is 1. The van der Waals surface area contributed by atoms with E-state index in [0.29, 0.717) is 0 Å². The third kappa shape index (κ3) is 2.01. The molecule has 0 radical (unpaired) electrons. The molecule has 0 fully saturated rings. The van der Waals surface area contributed by atoms with Crippen molar-refractivity contribution >= 4 is 11.4 Å². The second-order valence-electron chi connectivity index (χ2n) is 4.55. The van der Waals surface area contributed by atoms with Crippen LogP contribution in [0.2, 0.25) is 0 Å². The summed E-state index contributed by atoms with van der Waals surface area (Å²) in [5, 5.41) is 0. The summed E-state index contributed by atoms with van der Waals surface area (Å²) in [5.74, 6) is 0. The van der Waals surface area contributed by atoms with E-state index < -0.39 is 0 Å². The Balaban J connectivity index is 2.02. The number of benzene rings is 2. The van der Waals surface area contributed by atoms with Gasteiger partial charge in [0.1, 0.15) is 0 Å². The van der Waals surface area contributed by atoms with Crippen LogP contribution in [-0.4, -0.2) is 5.71 Å². The molecule has 0 saturated carbocycles. The van der Waals surface area contributed by atoms with Crippen LogP contribution < -0.4 is 0 Å². The largest absolute Gasteiger partial charge is 0.253 e. The minimum absolute atomic E-state index is 1.06. The van der Waals surface area contributed by atoms with E-state index in [1.54, 1.807) is 0 Å². The van der Waals surface area contributed by atoms with Gasteiger partial charge in [-0.25, -0.2) is 0 Å². The third-order valence-corrected chi connectivity index (χ3v) is 3.23. The summed E-state index contributed by atoms with van der Waals surface area (Å²) in [6, 6.07) is 17.0. The molecule has 3 rings (SSSR count). The van der Waals surface area contributed by atoms with Crippen molar-refractivity contribution in [2.45, 2.75) is 19.8 Å². The molecule has 84 valence electrons. The van der Waals surface area contributed by atoms with Crippen LogP contribution in [0.4, 0.5) is 5.69 Å². The number of hydrogen-bond donors (Lipinski definition) is 0. The van der Waals surface area contributed by atoms with E-state index in [9.17, 15) is 0 Å². The molecule has 0 saturated heterocycles. The van der Waals surface area contributed by atoms with E-state index >= 15 is 0 Å². The Hall–Kier alpha value is -1.89. The van der Waals surface area contributed by atoms with Crippen molar-refractivity contribution in [3.05, 3.63) is 65.2 Å². The van der Waals surface area contributed by atoms with Gasteiger partial charge in [0.15, 0.2) is 0 Å². The van der Waals surface area contributed by atoms with Crippen LogP contribution in [0.1, 0.15) is 23.1 Å². The Morgan fingerprint density at radius 2 is 1.82 bits per heavy atom. The maximum absolute atomic E-state index is 4.78. The second-order valence-corrected chi connectivity index (χ2v) is 4.55. The maximum atomic E-state index is 4.78. The van der Waals surface area contributed by atoms with Gasteiger partial charge in [0.05, 0.1) is 5.69 Å². The molecule has 2 aromatic rings. The Bertz CT molecular complexity index is 582. The molecule has 2 aromatic carbocycles. The van der Waals surface area contributed by atoms with Gasteiger partial charge in [-0.3, -0.25) is 4.99 Å². The lowest BCUT2D eigenvalue weighted by Gasteiger charge is -2.01. The molecule has 1 heteroatoms. The molecule has 0 aromatic heterocycles. The van der Waals surface area contributed by atoms with Gasteiger partial charge in [-0.2, -0.15) is 0 Å². The van der Waals surface area contributed by atoms with Crippen molar-refractivity contribution < 1.29 is 0 Å². The van der Waals surface area contributed by atoms with Crippen molar-refractivity contribution in [2.75, 3.05) is 0 Å². The van der Waals surface area contributed by atoms with E-state index in [0.717, 1.165) is 18.5 Å². The molecular formula is C16H15N. The van der Waals surface area contributed by atoms with Crippen LogP contribution in [0.3, 0.4) is 0 Å². The van der Waals surface area contributed by atoms with E-state index in [1.807, 2.05) is 0 Å². The zero-order valence-electron chi connectivity index (χ0n) is 9.98. The summed E-state index contributed by atoms with van der Waals surface area (Å²) < 4.78 is 0. The normalized spacial score (nSPS) is 16.2. The van der Waals surface area contributed by atoms with Gasteiger partial charge in [-0.15, -0.1) is 0 Å². The van der Waals surface area contributed by atoms with Crippen molar-refractivity contribution in [3.63, 3.8) is 0 Å². The molecule has 0 amide bonds. The molecule has 17 heavy (non-hydrogen) atoms. The quantitative estimate of drug-likeness (QED) is 0.688. The molecule has 1 aliphatic carbocycles. The van der Waals surface area contributed by atoms with Gasteiger partial charge < -0.3 is 0 Å². The van der Waals surface area contributed by atoms with Crippen LogP contribution in [0.15, 0.2) is 53.5 Å². The standard InChI is InChI=1S/C16H15N/c1-12-5-4-7-14(11-12)17-16-10-9-13-6-2-3-8-15(13)16/h2-8,11H,9-10H2,1H3. The van der Waals surface area contributed by atoms with Crippen LogP contribution in [0.5, 0.6) is 0 Å². The zero-order chi connectivity index (χ0) is 11.7. The van der Waals surface area contributed by atoms with E-state index in [1.165, 1.54) is 22.4 Å². The van der Waals surface area contributed by atoms with E-state index in [2.05, 4.69) is 55.5 Å². The summed E-state index contributed by atoms with van der Waals surface area (Å²) in [5.41, 5.74) is 6.31. The first-order chi connectivity index (χ1) is 8.33. The van der Waals surface area contributed by atoms with Crippen molar-refractivity contribution in [1.82, 2.24) is 0 Å². The summed E-state index contributed by atoms with van der Waals surface area (Å²) >= 11 is 0. The number of nitrogens with zero attached hydrogens (tertiary/aromatic N) is 1. The van der Waals surface area contributed by atoms with Gasteiger partial charge in [0.25, 0.3) is 0 Å². The van der Waals surface area contributed by atoms with Gasteiger partial charge in [-0.05, 0) is 48.6 Å². The molecule has 0 spiro atoms. The SMILES string of the molecule is Cc1cccc(N=C2CCc3ccccc32)c1. The molecule has 1 aliphatic rings. The fourth-order valence-corrected chi connectivity index (χ4v) is 2.38. The van der Waals surface area contributed by atoms with Gasteiger partial charge in [-0.1, -0.05) is 36.4 Å². The Morgan fingerprint density at radius 1 is 0.941 bits per heavy atom. The molecule has 1 nitrogen and oxygen atoms in total. The predicted molar refractivity (Wildman–Crippen MR) is 72.1 cm³/mol. The second kappa shape index (κ2) is 4.17. The summed E-state index contributed by atoms with van der Waals surface area (Å²) in [7, 11) is 0. The molecule has 0 atom stereocenters. The van der Waals surface area contributed by atoms with Gasteiger partial charge in [0, 0.05) is 5.71 Å². The number of aryl methyl sites for hydroxylation is 2. The molecule has 0 heterocycles. The van der Waals surface area contributed by atoms with Crippen molar-refractivity contribution in [2.24, 2.45) is 4.99 Å². The highest BCUT2D eigenvalue weighted by Gasteiger charge is 2.16. The fraction of sp³-hybridized carbons (Fsp3) is 0.188. The van der Waals surface area contributed by atoms with Crippen LogP contribution in [0.25, 0.3) is 0 Å². The first-order valence-electron chi connectivity index (χ1n) is 6.05. The van der Waals surface area contributed by atoms with Gasteiger partial charge in [0.2, 0.25) is 0 Å². The smallest absolute Gasteiger partial charge is 0.0635 e. The van der Waals surface area contributed by atoms with Crippen molar-refractivity contribution in [3.8, 4) is 0 Å². The average molecular weight is 221 g/mol. The lowest BCUT2D eigenvalue weighted by atomic mass is 10.1. The van der Waals surface area contributed by atoms with E-state index in [4.69, 9.17) is 4.99 Å². The van der Waals surface area contributed by atoms with Crippen LogP contribution in [0, 0.1) is 6.92 Å². The lowest BCUT2D eigenvalue weighted by molar-refractivity contribution is 1.09. The molecule has 0 aliphatic heterocycles. The Labute approximate surface area is 102 Å². The van der Waals surface area contributed by atoms with Crippen LogP contribution in [-0.2, 0) is 6.42 Å². The molecule has 0 unspecified atom stereocenters. The highest BCUT2D eigenvalue weighted by Crippen LogP contribution is 2.25. The Kier molecular flexibility index (Phi) is 2.52. The summed E-state index contributed by atoms with van der Waals surface area (Å²) in [4.78, 5) is 4.78. The first kappa shape index (κ1) is 10.3. The molecule has 0 bridgehead atoms. The monoisotopic (exact) mass is 221 g/mol. The lowest BCUT2D eigenvalue weighted by Crippen LogP contribution is -1.93. The fourth-order valence-electron chi connectivity index (χ4n) is 2.38. The van der Waals surface area contributed by atoms with Crippen LogP contribution >= 0.6 is 0 Å². The third-order valence-electron chi connectivity index (χ3n) is 3.23. The summed E-state index contributed by atoms with van der Waals surface area (Å²) in [6.07, 6.45) is 2.19. The number of rotatable bonds is 1. The Morgan fingerprint density at radius 3 is 2.71 bits per heavy atom. The maximum Gasteiger partial charge on any atom is 0.0635 e. The number of hydrogen-bond acceptors (Lipinski definition) is 1. The number of fused-ring (bicyclic) bond motifs is 1. The topological polar surface area (TPSA) is 12.4 Å². The minimum Gasteiger partial charge on any atom is -0.253 e.